The molecule has 1 rings (SSSR count). The summed E-state index contributed by atoms with van der Waals surface area (Å²) >= 11 is 2.19. The van der Waals surface area contributed by atoms with Crippen molar-refractivity contribution in [1.82, 2.24) is 0 Å². The molecule has 0 fully saturated rings. The van der Waals surface area contributed by atoms with Crippen LogP contribution in [0.25, 0.3) is 0 Å². The highest BCUT2D eigenvalue weighted by atomic mass is 127. The topological polar surface area (TPSA) is 26.3 Å². The van der Waals surface area contributed by atoms with Crippen molar-refractivity contribution in [3.05, 3.63) is 33.4 Å². The molecule has 0 aromatic heterocycles. The van der Waals surface area contributed by atoms with Crippen LogP contribution in [0.3, 0.4) is 0 Å². The minimum atomic E-state index is -0.226. The monoisotopic (exact) mass is 332 g/mol. The lowest BCUT2D eigenvalue weighted by atomic mass is 9.98. The zero-order chi connectivity index (χ0) is 12.2. The summed E-state index contributed by atoms with van der Waals surface area (Å²) in [5.74, 6) is 0.190. The normalized spacial score (nSPS) is 11.5. The molecule has 2 nitrogen and oxygen atoms in total. The fraction of sp³-hybridized carbons (Fsp3) is 0.462. The van der Waals surface area contributed by atoms with Gasteiger partial charge in [-0.3, -0.25) is 4.79 Å². The van der Waals surface area contributed by atoms with Gasteiger partial charge in [0.25, 0.3) is 0 Å². The molecule has 0 unspecified atom stereocenters. The van der Waals surface area contributed by atoms with E-state index in [0.29, 0.717) is 6.42 Å². The Kier molecular flexibility index (Phi) is 4.92. The van der Waals surface area contributed by atoms with Crippen molar-refractivity contribution in [3.8, 4) is 0 Å². The number of hydrogen-bond acceptors (Lipinski definition) is 2. The molecular weight excluding hydrogens is 315 g/mol. The maximum Gasteiger partial charge on any atom is 0.164 e. The standard InChI is InChI=1S/C13H17IO2/c1-13(2,16-3)9-8-12(15)10-6-4-5-7-11(10)14/h4-7H,8-9H2,1-3H3. The summed E-state index contributed by atoms with van der Waals surface area (Å²) < 4.78 is 6.31. The fourth-order valence-corrected chi connectivity index (χ4v) is 2.03. The largest absolute Gasteiger partial charge is 0.379 e. The van der Waals surface area contributed by atoms with Gasteiger partial charge in [-0.15, -0.1) is 0 Å². The van der Waals surface area contributed by atoms with Gasteiger partial charge in [-0.1, -0.05) is 18.2 Å². The van der Waals surface area contributed by atoms with Crippen LogP contribution in [0.4, 0.5) is 0 Å². The van der Waals surface area contributed by atoms with Gasteiger partial charge in [-0.25, -0.2) is 0 Å². The van der Waals surface area contributed by atoms with Gasteiger partial charge in [0, 0.05) is 22.7 Å². The lowest BCUT2D eigenvalue weighted by molar-refractivity contribution is 0.0141. The van der Waals surface area contributed by atoms with Crippen molar-refractivity contribution in [2.75, 3.05) is 7.11 Å². The Bertz CT molecular complexity index is 372. The molecule has 0 heterocycles. The second-order valence-electron chi connectivity index (χ2n) is 4.37. The molecule has 0 aliphatic carbocycles. The second kappa shape index (κ2) is 5.77. The van der Waals surface area contributed by atoms with Crippen molar-refractivity contribution >= 4 is 28.4 Å². The molecule has 1 aromatic carbocycles. The number of Topliss-reactive ketones (excluding diaryl/α,β-unsaturated/α-hetero) is 1. The summed E-state index contributed by atoms with van der Waals surface area (Å²) in [4.78, 5) is 12.0. The van der Waals surface area contributed by atoms with Crippen LogP contribution < -0.4 is 0 Å². The van der Waals surface area contributed by atoms with E-state index in [1.807, 2.05) is 38.1 Å². The summed E-state index contributed by atoms with van der Waals surface area (Å²) in [5.41, 5.74) is 0.589. The van der Waals surface area contributed by atoms with E-state index in [4.69, 9.17) is 4.74 Å². The molecule has 0 aliphatic heterocycles. The van der Waals surface area contributed by atoms with Crippen LogP contribution in [0.5, 0.6) is 0 Å². The number of ether oxygens (including phenoxy) is 1. The third-order valence-corrected chi connectivity index (χ3v) is 3.62. The van der Waals surface area contributed by atoms with E-state index in [0.717, 1.165) is 15.6 Å². The SMILES string of the molecule is COC(C)(C)CCC(=O)c1ccccc1I. The van der Waals surface area contributed by atoms with E-state index in [9.17, 15) is 4.79 Å². The zero-order valence-electron chi connectivity index (χ0n) is 9.92. The molecule has 0 radical (unpaired) electrons. The molecule has 3 heteroatoms. The smallest absolute Gasteiger partial charge is 0.164 e. The first-order valence-corrected chi connectivity index (χ1v) is 6.37. The third kappa shape index (κ3) is 3.87. The summed E-state index contributed by atoms with van der Waals surface area (Å²) in [6.45, 7) is 3.99. The van der Waals surface area contributed by atoms with E-state index < -0.39 is 0 Å². The highest BCUT2D eigenvalue weighted by Gasteiger charge is 2.19. The average molecular weight is 332 g/mol. The maximum absolute atomic E-state index is 12.0. The number of hydrogen-bond donors (Lipinski definition) is 0. The minimum Gasteiger partial charge on any atom is -0.379 e. The summed E-state index contributed by atoms with van der Waals surface area (Å²) in [6.07, 6.45) is 1.27. The molecule has 0 aliphatic rings. The average Bonchev–Trinajstić information content (AvgIpc) is 2.27. The molecule has 0 amide bonds. The fourth-order valence-electron chi connectivity index (χ4n) is 1.34. The van der Waals surface area contributed by atoms with E-state index in [2.05, 4.69) is 22.6 Å². The molecular formula is C13H17IO2. The predicted octanol–water partition coefficient (Wildman–Crippen LogP) is 3.68. The van der Waals surface area contributed by atoms with Gasteiger partial charge >= 0.3 is 0 Å². The molecule has 0 atom stereocenters. The van der Waals surface area contributed by atoms with E-state index in [1.165, 1.54) is 0 Å². The lowest BCUT2D eigenvalue weighted by Gasteiger charge is -2.22. The molecule has 0 bridgehead atoms. The van der Waals surface area contributed by atoms with Crippen molar-refractivity contribution in [3.63, 3.8) is 0 Å². The first-order chi connectivity index (χ1) is 7.46. The Labute approximate surface area is 111 Å². The van der Waals surface area contributed by atoms with Crippen molar-refractivity contribution in [2.45, 2.75) is 32.3 Å². The first kappa shape index (κ1) is 13.6. The van der Waals surface area contributed by atoms with E-state index in [1.54, 1.807) is 7.11 Å². The Morgan fingerprint density at radius 3 is 2.56 bits per heavy atom. The summed E-state index contributed by atoms with van der Waals surface area (Å²) in [6, 6.07) is 7.67. The van der Waals surface area contributed by atoms with Gasteiger partial charge in [-0.2, -0.15) is 0 Å². The molecule has 88 valence electrons. The third-order valence-electron chi connectivity index (χ3n) is 2.68. The number of halogens is 1. The van der Waals surface area contributed by atoms with Crippen LogP contribution in [0.15, 0.2) is 24.3 Å². The van der Waals surface area contributed by atoms with Crippen LogP contribution in [0, 0.1) is 3.57 Å². The van der Waals surface area contributed by atoms with Gasteiger partial charge in [0.05, 0.1) is 5.60 Å². The Morgan fingerprint density at radius 1 is 1.38 bits per heavy atom. The number of carbonyl (C=O) groups excluding carboxylic acids is 1. The molecule has 0 N–H and O–H groups in total. The van der Waals surface area contributed by atoms with E-state index in [-0.39, 0.29) is 11.4 Å². The first-order valence-electron chi connectivity index (χ1n) is 5.29. The number of ketones is 1. The Hall–Kier alpha value is -0.420. The van der Waals surface area contributed by atoms with Crippen molar-refractivity contribution in [2.24, 2.45) is 0 Å². The number of carbonyl (C=O) groups is 1. The van der Waals surface area contributed by atoms with Crippen molar-refractivity contribution < 1.29 is 9.53 Å². The Balaban J connectivity index is 2.64. The molecule has 16 heavy (non-hydrogen) atoms. The van der Waals surface area contributed by atoms with Gasteiger partial charge in [-0.05, 0) is 48.9 Å². The van der Waals surface area contributed by atoms with Crippen LogP contribution >= 0.6 is 22.6 Å². The number of benzene rings is 1. The summed E-state index contributed by atoms with van der Waals surface area (Å²) in [7, 11) is 1.68. The molecule has 0 saturated heterocycles. The van der Waals surface area contributed by atoms with Crippen molar-refractivity contribution in [1.29, 1.82) is 0 Å². The van der Waals surface area contributed by atoms with Crippen LogP contribution in [-0.4, -0.2) is 18.5 Å². The minimum absolute atomic E-state index is 0.190. The molecule has 0 spiro atoms. The highest BCUT2D eigenvalue weighted by molar-refractivity contribution is 14.1. The Morgan fingerprint density at radius 2 is 2.00 bits per heavy atom. The van der Waals surface area contributed by atoms with Gasteiger partial charge in [0.2, 0.25) is 0 Å². The van der Waals surface area contributed by atoms with Gasteiger partial charge < -0.3 is 4.74 Å². The quantitative estimate of drug-likeness (QED) is 0.607. The molecule has 0 saturated carbocycles. The number of rotatable bonds is 5. The lowest BCUT2D eigenvalue weighted by Crippen LogP contribution is -2.23. The van der Waals surface area contributed by atoms with Gasteiger partial charge in [0.15, 0.2) is 5.78 Å². The van der Waals surface area contributed by atoms with Crippen LogP contribution in [0.2, 0.25) is 0 Å². The van der Waals surface area contributed by atoms with Crippen LogP contribution in [-0.2, 0) is 4.74 Å². The highest BCUT2D eigenvalue weighted by Crippen LogP contribution is 2.19. The van der Waals surface area contributed by atoms with Crippen LogP contribution in [0.1, 0.15) is 37.0 Å². The zero-order valence-corrected chi connectivity index (χ0v) is 12.1. The molecule has 1 aromatic rings. The summed E-state index contributed by atoms with van der Waals surface area (Å²) in [5, 5.41) is 0. The van der Waals surface area contributed by atoms with Gasteiger partial charge in [0.1, 0.15) is 0 Å². The number of methoxy groups -OCH3 is 1. The second-order valence-corrected chi connectivity index (χ2v) is 5.53. The predicted molar refractivity (Wildman–Crippen MR) is 73.8 cm³/mol. The van der Waals surface area contributed by atoms with E-state index >= 15 is 0 Å². The maximum atomic E-state index is 12.0.